The van der Waals surface area contributed by atoms with Crippen LogP contribution in [-0.4, -0.2) is 30.1 Å². The van der Waals surface area contributed by atoms with Gasteiger partial charge in [0.2, 0.25) is 0 Å². The summed E-state index contributed by atoms with van der Waals surface area (Å²) in [6, 6.07) is 20.8. The van der Waals surface area contributed by atoms with Crippen LogP contribution in [0, 0.1) is 13.8 Å². The van der Waals surface area contributed by atoms with Crippen LogP contribution in [0.25, 0.3) is 5.69 Å². The van der Waals surface area contributed by atoms with Crippen molar-refractivity contribution in [3.8, 4) is 5.69 Å². The monoisotopic (exact) mass is 362 g/mol. The van der Waals surface area contributed by atoms with Gasteiger partial charge in [-0.05, 0) is 44.2 Å². The number of nitrogens with zero attached hydrogens (tertiary/aromatic N) is 2. The number of carbonyl (C=O) groups excluding carboxylic acids is 2. The molecule has 0 N–H and O–H groups in total. The fraction of sp³-hybridized carbons (Fsp3) is 0.182. The average Bonchev–Trinajstić information content (AvgIpc) is 3.00. The van der Waals surface area contributed by atoms with E-state index in [1.807, 2.05) is 79.1 Å². The lowest BCUT2D eigenvalue weighted by Gasteiger charge is -2.17. The summed E-state index contributed by atoms with van der Waals surface area (Å²) in [5.74, 6) is -0.786. The van der Waals surface area contributed by atoms with Gasteiger partial charge in [0, 0.05) is 29.8 Å². The molecule has 1 heterocycles. The zero-order valence-electron chi connectivity index (χ0n) is 15.7. The number of aryl methyl sites for hydroxylation is 1. The second-order valence-corrected chi connectivity index (χ2v) is 6.32. The van der Waals surface area contributed by atoms with Crippen molar-refractivity contribution < 1.29 is 14.3 Å². The Hall–Kier alpha value is -3.34. The van der Waals surface area contributed by atoms with Gasteiger partial charge in [0.1, 0.15) is 0 Å². The van der Waals surface area contributed by atoms with Crippen LogP contribution >= 0.6 is 0 Å². The van der Waals surface area contributed by atoms with Gasteiger partial charge in [-0.1, -0.05) is 36.4 Å². The number of carbonyl (C=O) groups is 2. The Kier molecular flexibility index (Phi) is 5.41. The first kappa shape index (κ1) is 18.5. The van der Waals surface area contributed by atoms with E-state index in [1.54, 1.807) is 13.1 Å². The van der Waals surface area contributed by atoms with E-state index < -0.39 is 5.97 Å². The SMILES string of the molecule is Cc1cc(C(=O)OCC(=O)N(C)c2ccccc2)c(C)n1-c1ccccc1. The van der Waals surface area contributed by atoms with Crippen molar-refractivity contribution in [2.45, 2.75) is 13.8 Å². The number of rotatable bonds is 5. The summed E-state index contributed by atoms with van der Waals surface area (Å²) in [6.07, 6.45) is 0. The van der Waals surface area contributed by atoms with Gasteiger partial charge < -0.3 is 14.2 Å². The van der Waals surface area contributed by atoms with E-state index in [0.717, 1.165) is 22.8 Å². The molecule has 0 saturated carbocycles. The molecule has 0 radical (unpaired) electrons. The van der Waals surface area contributed by atoms with E-state index >= 15 is 0 Å². The van der Waals surface area contributed by atoms with Crippen LogP contribution in [0.5, 0.6) is 0 Å². The summed E-state index contributed by atoms with van der Waals surface area (Å²) in [7, 11) is 1.66. The molecule has 0 aliphatic carbocycles. The van der Waals surface area contributed by atoms with Crippen LogP contribution in [0.1, 0.15) is 21.7 Å². The normalized spacial score (nSPS) is 10.5. The number of ether oxygens (including phenoxy) is 1. The molecular weight excluding hydrogens is 340 g/mol. The molecule has 5 heteroatoms. The molecule has 0 saturated heterocycles. The summed E-state index contributed by atoms with van der Waals surface area (Å²) in [4.78, 5) is 26.3. The highest BCUT2D eigenvalue weighted by atomic mass is 16.5. The molecule has 1 amide bonds. The molecule has 0 fully saturated rings. The quantitative estimate of drug-likeness (QED) is 0.647. The van der Waals surface area contributed by atoms with E-state index in [0.29, 0.717) is 5.56 Å². The van der Waals surface area contributed by atoms with Gasteiger partial charge in [0.25, 0.3) is 5.91 Å². The Morgan fingerprint density at radius 3 is 2.19 bits per heavy atom. The summed E-state index contributed by atoms with van der Waals surface area (Å²) < 4.78 is 7.27. The van der Waals surface area contributed by atoms with E-state index in [2.05, 4.69) is 0 Å². The molecule has 3 aromatic rings. The molecule has 27 heavy (non-hydrogen) atoms. The smallest absolute Gasteiger partial charge is 0.340 e. The van der Waals surface area contributed by atoms with Gasteiger partial charge >= 0.3 is 5.97 Å². The van der Waals surface area contributed by atoms with Crippen LogP contribution in [0.4, 0.5) is 5.69 Å². The summed E-state index contributed by atoms with van der Waals surface area (Å²) in [5, 5.41) is 0. The average molecular weight is 362 g/mol. The van der Waals surface area contributed by atoms with E-state index in [4.69, 9.17) is 4.74 Å². The Bertz CT molecular complexity index is 946. The predicted molar refractivity (Wildman–Crippen MR) is 105 cm³/mol. The Labute approximate surface area is 158 Å². The van der Waals surface area contributed by atoms with Crippen molar-refractivity contribution in [1.29, 1.82) is 0 Å². The van der Waals surface area contributed by atoms with Crippen molar-refractivity contribution >= 4 is 17.6 Å². The number of para-hydroxylation sites is 2. The maximum atomic E-state index is 12.5. The largest absolute Gasteiger partial charge is 0.452 e. The lowest BCUT2D eigenvalue weighted by atomic mass is 10.2. The Morgan fingerprint density at radius 2 is 1.56 bits per heavy atom. The molecule has 3 rings (SSSR count). The lowest BCUT2D eigenvalue weighted by molar-refractivity contribution is -0.121. The fourth-order valence-electron chi connectivity index (χ4n) is 3.04. The first-order chi connectivity index (χ1) is 13.0. The summed E-state index contributed by atoms with van der Waals surface area (Å²) >= 11 is 0. The number of anilines is 1. The van der Waals surface area contributed by atoms with Crippen LogP contribution in [0.3, 0.4) is 0 Å². The third kappa shape index (κ3) is 3.92. The third-order valence-corrected chi connectivity index (χ3v) is 4.51. The molecule has 1 aromatic heterocycles. The minimum Gasteiger partial charge on any atom is -0.452 e. The highest BCUT2D eigenvalue weighted by Crippen LogP contribution is 2.21. The molecule has 2 aromatic carbocycles. The number of hydrogen-bond donors (Lipinski definition) is 0. The second kappa shape index (κ2) is 7.91. The topological polar surface area (TPSA) is 51.5 Å². The van der Waals surface area contributed by atoms with Gasteiger partial charge in [-0.15, -0.1) is 0 Å². The third-order valence-electron chi connectivity index (χ3n) is 4.51. The lowest BCUT2D eigenvalue weighted by Crippen LogP contribution is -2.31. The number of amides is 1. The Balaban J connectivity index is 1.71. The predicted octanol–water partition coefficient (Wildman–Crippen LogP) is 3.91. The van der Waals surface area contributed by atoms with Gasteiger partial charge in [0.05, 0.1) is 5.56 Å². The first-order valence-electron chi connectivity index (χ1n) is 8.72. The number of hydrogen-bond acceptors (Lipinski definition) is 3. The van der Waals surface area contributed by atoms with E-state index in [9.17, 15) is 9.59 Å². The summed E-state index contributed by atoms with van der Waals surface area (Å²) in [5.41, 5.74) is 3.91. The van der Waals surface area contributed by atoms with Crippen LogP contribution in [-0.2, 0) is 9.53 Å². The molecule has 0 aliphatic rings. The first-order valence-corrected chi connectivity index (χ1v) is 8.72. The standard InChI is InChI=1S/C22H22N2O3/c1-16-14-20(17(2)24(16)19-12-8-5-9-13-19)22(26)27-15-21(25)23(3)18-10-6-4-7-11-18/h4-14H,15H2,1-3H3. The molecule has 5 nitrogen and oxygen atoms in total. The second-order valence-electron chi connectivity index (χ2n) is 6.32. The van der Waals surface area contributed by atoms with Gasteiger partial charge in [-0.3, -0.25) is 4.79 Å². The molecule has 0 unspecified atom stereocenters. The number of esters is 1. The molecule has 0 aliphatic heterocycles. The molecule has 0 spiro atoms. The molecule has 0 atom stereocenters. The maximum absolute atomic E-state index is 12.5. The van der Waals surface area contributed by atoms with Crippen molar-refractivity contribution in [2.24, 2.45) is 0 Å². The minimum absolute atomic E-state index is 0.286. The van der Waals surface area contributed by atoms with E-state index in [-0.39, 0.29) is 12.5 Å². The molecule has 138 valence electrons. The van der Waals surface area contributed by atoms with Gasteiger partial charge in [-0.25, -0.2) is 4.79 Å². The van der Waals surface area contributed by atoms with Gasteiger partial charge in [-0.2, -0.15) is 0 Å². The minimum atomic E-state index is -0.500. The highest BCUT2D eigenvalue weighted by Gasteiger charge is 2.20. The van der Waals surface area contributed by atoms with Crippen LogP contribution in [0.2, 0.25) is 0 Å². The number of likely N-dealkylation sites (N-methyl/N-ethyl adjacent to an activating group) is 1. The van der Waals surface area contributed by atoms with Crippen molar-refractivity contribution in [3.05, 3.63) is 83.7 Å². The van der Waals surface area contributed by atoms with Crippen LogP contribution < -0.4 is 4.90 Å². The zero-order valence-corrected chi connectivity index (χ0v) is 15.7. The van der Waals surface area contributed by atoms with Crippen molar-refractivity contribution in [3.63, 3.8) is 0 Å². The maximum Gasteiger partial charge on any atom is 0.340 e. The van der Waals surface area contributed by atoms with Crippen LogP contribution in [0.15, 0.2) is 66.7 Å². The number of benzene rings is 2. The zero-order chi connectivity index (χ0) is 19.4. The summed E-state index contributed by atoms with van der Waals surface area (Å²) in [6.45, 7) is 3.50. The number of aromatic nitrogens is 1. The highest BCUT2D eigenvalue weighted by molar-refractivity contribution is 5.97. The van der Waals surface area contributed by atoms with Gasteiger partial charge in [0.15, 0.2) is 6.61 Å². The molecular formula is C22H22N2O3. The Morgan fingerprint density at radius 1 is 0.963 bits per heavy atom. The van der Waals surface area contributed by atoms with Crippen molar-refractivity contribution in [2.75, 3.05) is 18.6 Å². The fourth-order valence-corrected chi connectivity index (χ4v) is 3.04. The van der Waals surface area contributed by atoms with Crippen molar-refractivity contribution in [1.82, 2.24) is 4.57 Å². The molecule has 0 bridgehead atoms. The van der Waals surface area contributed by atoms with E-state index in [1.165, 1.54) is 4.90 Å².